The molecule has 6 aromatic carbocycles. The summed E-state index contributed by atoms with van der Waals surface area (Å²) in [7, 11) is 1.31. The fourth-order valence-electron chi connectivity index (χ4n) is 14.3. The highest BCUT2D eigenvalue weighted by atomic mass is 32.2. The number of primary amides is 1. The number of fused-ring (bicyclic) bond motifs is 1. The fraction of sp³-hybridized carbons (Fsp3) is 0.411. The third-order valence-electron chi connectivity index (χ3n) is 21.0. The van der Waals surface area contributed by atoms with E-state index in [2.05, 4.69) is 74.1 Å². The molecule has 36 nitrogen and oxygen atoms in total. The number of carbonyl (C=O) groups is 14. The van der Waals surface area contributed by atoms with Crippen LogP contribution in [0.5, 0.6) is 17.2 Å². The molecule has 7 aromatic rings. The van der Waals surface area contributed by atoms with Crippen molar-refractivity contribution in [2.45, 2.75) is 178 Å². The second kappa shape index (κ2) is 48.6. The maximum absolute atomic E-state index is 15.8. The fourth-order valence-corrected chi connectivity index (χ4v) is 15.1. The van der Waals surface area contributed by atoms with Crippen LogP contribution in [0, 0.1) is 23.2 Å². The Bertz CT molecular complexity index is 4950. The van der Waals surface area contributed by atoms with Crippen molar-refractivity contribution in [3.8, 4) is 17.2 Å². The van der Waals surface area contributed by atoms with Crippen LogP contribution in [0.25, 0.3) is 10.9 Å². The van der Waals surface area contributed by atoms with Gasteiger partial charge in [0.15, 0.2) is 5.96 Å². The monoisotopic (exact) mass is 1770 g/mol. The Hall–Kier alpha value is -13.6. The Morgan fingerprint density at radius 3 is 1.35 bits per heavy atom. The number of likely N-dealkylation sites (N-methyl/N-ethyl adjacent to an activating group) is 1. The number of para-hydroxylation sites is 1. The van der Waals surface area contributed by atoms with Crippen LogP contribution in [0.1, 0.15) is 101 Å². The molecular formula is C90H116N18O18S. The number of aliphatic hydroxyl groups excluding tert-OH is 1. The molecule has 680 valence electrons. The van der Waals surface area contributed by atoms with Gasteiger partial charge in [-0.25, -0.2) is 0 Å². The molecule has 127 heavy (non-hydrogen) atoms. The van der Waals surface area contributed by atoms with Gasteiger partial charge in [0, 0.05) is 75.0 Å². The molecule has 14 amide bonds. The van der Waals surface area contributed by atoms with Gasteiger partial charge in [-0.1, -0.05) is 157 Å². The number of rotatable bonds is 25. The largest absolute Gasteiger partial charge is 0.508 e. The van der Waals surface area contributed by atoms with Crippen LogP contribution in [-0.2, 0) is 106 Å². The van der Waals surface area contributed by atoms with Gasteiger partial charge in [0.1, 0.15) is 89.8 Å². The number of carbonyl (C=O) groups excluding carboxylic acids is 14. The maximum atomic E-state index is 15.8. The number of phenols is 3. The number of guanidine groups is 1. The number of hydrogen-bond acceptors (Lipinski definition) is 20. The zero-order chi connectivity index (χ0) is 92.6. The molecule has 1 aliphatic heterocycles. The van der Waals surface area contributed by atoms with Crippen LogP contribution >= 0.6 is 11.8 Å². The number of aliphatic hydroxyl groups is 1. The van der Waals surface area contributed by atoms with Crippen molar-refractivity contribution in [1.82, 2.24) is 79.0 Å². The molecular weight excluding hydrogens is 1650 g/mol. The topological polar surface area (TPSA) is 571 Å². The number of nitrogens with two attached hydrogens (primary N) is 2. The minimum atomic E-state index is -1.91. The minimum Gasteiger partial charge on any atom is -0.508 e. The van der Waals surface area contributed by atoms with E-state index in [0.29, 0.717) is 44.3 Å². The number of benzene rings is 6. The third kappa shape index (κ3) is 31.6. The number of thioether (sulfide) groups is 1. The lowest BCUT2D eigenvalue weighted by molar-refractivity contribution is -0.143. The molecule has 0 unspecified atom stereocenters. The van der Waals surface area contributed by atoms with Crippen molar-refractivity contribution in [2.24, 2.45) is 29.2 Å². The van der Waals surface area contributed by atoms with Crippen molar-refractivity contribution in [1.29, 1.82) is 5.41 Å². The quantitative estimate of drug-likeness (QED) is 0.0211. The second-order valence-corrected chi connectivity index (χ2v) is 33.6. The first-order valence-corrected chi connectivity index (χ1v) is 43.1. The van der Waals surface area contributed by atoms with Gasteiger partial charge in [-0.05, 0) is 119 Å². The average molecular weight is 1770 g/mol. The summed E-state index contributed by atoms with van der Waals surface area (Å²) in [6.07, 6.45) is -0.430. The van der Waals surface area contributed by atoms with Crippen LogP contribution in [0.15, 0.2) is 164 Å². The number of aromatic amines is 1. The third-order valence-corrected chi connectivity index (χ3v) is 22.0. The lowest BCUT2D eigenvalue weighted by atomic mass is 9.98. The zero-order valence-electron chi connectivity index (χ0n) is 71.9. The first kappa shape index (κ1) is 98.9. The van der Waals surface area contributed by atoms with Crippen molar-refractivity contribution in [2.75, 3.05) is 38.2 Å². The van der Waals surface area contributed by atoms with E-state index in [4.69, 9.17) is 16.9 Å². The summed E-state index contributed by atoms with van der Waals surface area (Å²) in [5.41, 5.74) is 14.5. The number of aromatic nitrogens is 1. The van der Waals surface area contributed by atoms with Crippen molar-refractivity contribution < 1.29 is 87.5 Å². The van der Waals surface area contributed by atoms with Crippen molar-refractivity contribution in [3.63, 3.8) is 0 Å². The van der Waals surface area contributed by atoms with Gasteiger partial charge < -0.3 is 111 Å². The summed E-state index contributed by atoms with van der Waals surface area (Å²) in [5, 5.41) is 85.5. The van der Waals surface area contributed by atoms with E-state index in [1.807, 2.05) is 0 Å². The van der Waals surface area contributed by atoms with Crippen LogP contribution in [0.2, 0.25) is 0 Å². The summed E-state index contributed by atoms with van der Waals surface area (Å²) in [4.78, 5) is 212. The molecule has 12 atom stereocenters. The molecule has 0 aliphatic carbocycles. The number of nitrogens with zero attached hydrogens (tertiary/aromatic N) is 1. The summed E-state index contributed by atoms with van der Waals surface area (Å²) < 4.78 is 0. The van der Waals surface area contributed by atoms with E-state index < -0.39 is 186 Å². The molecule has 1 aliphatic rings. The number of nitrogens with one attached hydrogen (secondary N) is 15. The maximum Gasteiger partial charge on any atom is 0.245 e. The molecule has 0 saturated carbocycles. The number of aromatic hydroxyl groups is 3. The molecule has 1 fully saturated rings. The normalized spacial score (nSPS) is 22.1. The smallest absolute Gasteiger partial charge is 0.245 e. The van der Waals surface area contributed by atoms with Gasteiger partial charge in [0.25, 0.3) is 0 Å². The standard InChI is InChI=1S/C90H116N18O18S/c1-50(2)37-65-80(117)106-73(78(115)96-46-75(91)113)48-127-49-76(114)97-67(39-53-17-10-8-11-18-53)81(118)100-68(40-55-24-30-59(110)31-25-55)82(119)99-66(38-51(3)4)85(122)107-77(52(5)6)88(125)103-69(41-56-26-32-60(111)33-27-56)83(120)105-72(47-109)86(123)98-64(23-16-36-94-90(92)93)79(116)101-70(44-58-45-95-63-22-15-14-21-62(58)63)84(121)104-71(42-57-28-34-61(112)35-29-57)89(126)108(7)74(87(124)102-65)43-54-19-12-9-13-20-54/h8-15,17-22,24-35,45,50-52,64-74,77,95,109-112H,16,23,36-44,46-49H2,1-7H3,(H2,91,113)(H,96,115)(H,97,114)(H,98,123)(H,99,119)(H,100,118)(H,101,116)(H,102,124)(H,103,125)(H,104,121)(H,105,120)(H,106,117)(H,107,122)(H4,92,93,94)/t64-,65-,66-,67-,68-,69-,70-,71-,72-,73-,74-,77-/m0/s1. The Kier molecular flexibility index (Phi) is 37.8. The Labute approximate surface area is 739 Å². The van der Waals surface area contributed by atoms with Crippen LogP contribution in [0.3, 0.4) is 0 Å². The van der Waals surface area contributed by atoms with Crippen LogP contribution in [-0.4, -0.2) is 230 Å². The molecule has 0 spiro atoms. The predicted octanol–water partition coefficient (Wildman–Crippen LogP) is 0.553. The van der Waals surface area contributed by atoms with Gasteiger partial charge in [-0.15, -0.1) is 11.8 Å². The van der Waals surface area contributed by atoms with Gasteiger partial charge in [-0.3, -0.25) is 72.5 Å². The lowest BCUT2D eigenvalue weighted by Crippen LogP contribution is -2.62. The average Bonchev–Trinajstić information content (AvgIpc) is 1.64. The van der Waals surface area contributed by atoms with Crippen molar-refractivity contribution in [3.05, 3.63) is 197 Å². The second-order valence-electron chi connectivity index (χ2n) is 32.5. The summed E-state index contributed by atoms with van der Waals surface area (Å²) in [6, 6.07) is 22.0. The van der Waals surface area contributed by atoms with Gasteiger partial charge in [0.05, 0.1) is 18.9 Å². The molecule has 37 heteroatoms. The van der Waals surface area contributed by atoms with E-state index in [9.17, 15) is 54.0 Å². The first-order valence-electron chi connectivity index (χ1n) is 41.9. The predicted molar refractivity (Wildman–Crippen MR) is 475 cm³/mol. The van der Waals surface area contributed by atoms with Crippen molar-refractivity contribution >= 4 is 111 Å². The number of phenolic OH excluding ortho intramolecular Hbond substituents is 3. The van der Waals surface area contributed by atoms with E-state index in [0.717, 1.165) is 16.7 Å². The highest BCUT2D eigenvalue weighted by molar-refractivity contribution is 8.00. The van der Waals surface area contributed by atoms with Crippen LogP contribution < -0.4 is 80.6 Å². The van der Waals surface area contributed by atoms with Gasteiger partial charge >= 0.3 is 0 Å². The lowest BCUT2D eigenvalue weighted by Gasteiger charge is -2.33. The van der Waals surface area contributed by atoms with E-state index in [-0.39, 0.29) is 106 Å². The van der Waals surface area contributed by atoms with Gasteiger partial charge in [0.2, 0.25) is 82.7 Å². The Morgan fingerprint density at radius 1 is 0.457 bits per heavy atom. The molecule has 23 N–H and O–H groups in total. The molecule has 2 heterocycles. The summed E-state index contributed by atoms with van der Waals surface area (Å²) >= 11 is 0.820. The SMILES string of the molecule is CC(C)C[C@@H]1NC(=O)[C@H](Cc2ccc(O)cc2)NC(=O)[C@H](Cc2ccccc2)NC(=O)CSC[C@@H](C(=O)NCC(N)=O)NC(=O)[C@H](CC(C)C)NC(=O)[C@H](Cc2ccccc2)N(C)C(=O)[C@H](Cc2ccc(O)cc2)NC(=O)[C@H](Cc2c[nH]c3ccccc23)NC(=O)[C@H](CCCNC(=N)N)NC(=O)[C@H](CO)NC(=O)[C@H](Cc2ccc(O)cc2)NC(=O)[C@H](C(C)C)NC1=O. The highest BCUT2D eigenvalue weighted by Gasteiger charge is 2.41. The minimum absolute atomic E-state index is 0.00547. The molecule has 1 saturated heterocycles. The molecule has 8 rings (SSSR count). The molecule has 1 aromatic heterocycles. The van der Waals surface area contributed by atoms with Crippen LogP contribution in [0.4, 0.5) is 0 Å². The summed E-state index contributed by atoms with van der Waals surface area (Å²) in [5.74, 6) is -16.5. The summed E-state index contributed by atoms with van der Waals surface area (Å²) in [6.45, 7) is 8.34. The number of hydrogen-bond donors (Lipinski definition) is 21. The van der Waals surface area contributed by atoms with E-state index in [1.165, 1.54) is 79.8 Å². The molecule has 0 bridgehead atoms. The zero-order valence-corrected chi connectivity index (χ0v) is 72.7. The Morgan fingerprint density at radius 2 is 0.858 bits per heavy atom. The Balaban J connectivity index is 1.24. The van der Waals surface area contributed by atoms with E-state index in [1.54, 1.807) is 133 Å². The number of amides is 14. The number of H-pyrrole nitrogens is 1. The van der Waals surface area contributed by atoms with E-state index >= 15 is 33.6 Å². The van der Waals surface area contributed by atoms with Gasteiger partial charge in [-0.2, -0.15) is 0 Å². The molecule has 0 radical (unpaired) electrons. The highest BCUT2D eigenvalue weighted by Crippen LogP contribution is 2.24. The first-order chi connectivity index (χ1) is 60.5.